The molecule has 1 aliphatic rings. The Labute approximate surface area is 196 Å². The van der Waals surface area contributed by atoms with Gasteiger partial charge in [0.25, 0.3) is 5.22 Å². The molecule has 1 aromatic heterocycles. The first-order valence-corrected chi connectivity index (χ1v) is 12.9. The van der Waals surface area contributed by atoms with Crippen LogP contribution in [-0.2, 0) is 10.0 Å². The first kappa shape index (κ1) is 23.0. The lowest BCUT2D eigenvalue weighted by Crippen LogP contribution is -2.35. The molecule has 1 aliphatic heterocycles. The summed E-state index contributed by atoms with van der Waals surface area (Å²) in [6, 6.07) is 13.2. The van der Waals surface area contributed by atoms with E-state index in [9.17, 15) is 13.2 Å². The SMILES string of the molecule is C[C@H](Sc1nnc(-c2cccc(S(=O)(=O)N3CCCCC3)c2)o1)C(=O)c1ccc(Cl)cc1. The maximum Gasteiger partial charge on any atom is 0.277 e. The van der Waals surface area contributed by atoms with Crippen LogP contribution in [0.4, 0.5) is 0 Å². The zero-order valence-electron chi connectivity index (χ0n) is 17.4. The van der Waals surface area contributed by atoms with Crippen molar-refractivity contribution >= 4 is 39.2 Å². The van der Waals surface area contributed by atoms with E-state index in [1.807, 2.05) is 0 Å². The van der Waals surface area contributed by atoms with Crippen LogP contribution >= 0.6 is 23.4 Å². The average Bonchev–Trinajstić information content (AvgIpc) is 3.28. The third-order valence-electron chi connectivity index (χ3n) is 5.22. The van der Waals surface area contributed by atoms with Crippen LogP contribution in [-0.4, -0.2) is 47.0 Å². The lowest BCUT2D eigenvalue weighted by Gasteiger charge is -2.25. The van der Waals surface area contributed by atoms with Crippen molar-refractivity contribution in [3.05, 3.63) is 59.1 Å². The van der Waals surface area contributed by atoms with Crippen LogP contribution < -0.4 is 0 Å². The first-order chi connectivity index (χ1) is 15.3. The van der Waals surface area contributed by atoms with Crippen LogP contribution in [0.15, 0.2) is 63.1 Å². The lowest BCUT2D eigenvalue weighted by molar-refractivity contribution is 0.0993. The molecule has 2 heterocycles. The van der Waals surface area contributed by atoms with Gasteiger partial charge in [-0.1, -0.05) is 35.9 Å². The molecule has 0 radical (unpaired) electrons. The average molecular weight is 492 g/mol. The number of Topliss-reactive ketones (excluding diaryl/α,β-unsaturated/α-hetero) is 1. The smallest absolute Gasteiger partial charge is 0.277 e. The zero-order chi connectivity index (χ0) is 22.7. The summed E-state index contributed by atoms with van der Waals surface area (Å²) < 4.78 is 33.2. The fraction of sp³-hybridized carbons (Fsp3) is 0.318. The molecule has 1 atom stereocenters. The Balaban J connectivity index is 1.49. The predicted octanol–water partition coefficient (Wildman–Crippen LogP) is 4.93. The number of hydrogen-bond acceptors (Lipinski definition) is 7. The predicted molar refractivity (Wildman–Crippen MR) is 123 cm³/mol. The van der Waals surface area contributed by atoms with Crippen LogP contribution in [0.3, 0.4) is 0 Å². The zero-order valence-corrected chi connectivity index (χ0v) is 19.8. The number of piperidine rings is 1. The van der Waals surface area contributed by atoms with Crippen LogP contribution in [0.25, 0.3) is 11.5 Å². The molecule has 10 heteroatoms. The number of aromatic nitrogens is 2. The number of thioether (sulfide) groups is 1. The number of rotatable bonds is 7. The normalized spacial score (nSPS) is 16.1. The third-order valence-corrected chi connectivity index (χ3v) is 8.30. The van der Waals surface area contributed by atoms with Crippen molar-refractivity contribution in [1.29, 1.82) is 0 Å². The van der Waals surface area contributed by atoms with Gasteiger partial charge in [0, 0.05) is 29.2 Å². The van der Waals surface area contributed by atoms with Crippen molar-refractivity contribution in [2.45, 2.75) is 41.6 Å². The summed E-state index contributed by atoms with van der Waals surface area (Å²) in [5.74, 6) is 0.121. The topological polar surface area (TPSA) is 93.4 Å². The maximum absolute atomic E-state index is 13.0. The van der Waals surface area contributed by atoms with Crippen molar-refractivity contribution in [3.8, 4) is 11.5 Å². The number of carbonyl (C=O) groups excluding carboxylic acids is 1. The van der Waals surface area contributed by atoms with Crippen LogP contribution in [0, 0.1) is 0 Å². The number of hydrogen-bond donors (Lipinski definition) is 0. The fourth-order valence-corrected chi connectivity index (χ4v) is 5.92. The maximum atomic E-state index is 13.0. The summed E-state index contributed by atoms with van der Waals surface area (Å²) >= 11 is 7.03. The largest absolute Gasteiger partial charge is 0.411 e. The van der Waals surface area contributed by atoms with E-state index in [0.717, 1.165) is 31.0 Å². The number of nitrogens with zero attached hydrogens (tertiary/aromatic N) is 3. The molecule has 0 bridgehead atoms. The lowest BCUT2D eigenvalue weighted by atomic mass is 10.1. The summed E-state index contributed by atoms with van der Waals surface area (Å²) in [6.45, 7) is 2.83. The minimum Gasteiger partial charge on any atom is -0.411 e. The molecule has 0 unspecified atom stereocenters. The van der Waals surface area contributed by atoms with Crippen LogP contribution in [0.5, 0.6) is 0 Å². The molecule has 7 nitrogen and oxygen atoms in total. The van der Waals surface area contributed by atoms with Crippen molar-refractivity contribution in [1.82, 2.24) is 14.5 Å². The molecule has 4 rings (SSSR count). The molecule has 0 amide bonds. The summed E-state index contributed by atoms with van der Waals surface area (Å²) in [4.78, 5) is 12.8. The van der Waals surface area contributed by atoms with Gasteiger partial charge in [0.05, 0.1) is 10.1 Å². The Morgan fingerprint density at radius 2 is 1.81 bits per heavy atom. The highest BCUT2D eigenvalue weighted by Crippen LogP contribution is 2.30. The van der Waals surface area contributed by atoms with Crippen molar-refractivity contribution in [3.63, 3.8) is 0 Å². The van der Waals surface area contributed by atoms with Gasteiger partial charge in [-0.05, 0) is 62.2 Å². The molecule has 3 aromatic rings. The van der Waals surface area contributed by atoms with Gasteiger partial charge in [-0.25, -0.2) is 8.42 Å². The summed E-state index contributed by atoms with van der Waals surface area (Å²) in [5.41, 5.74) is 1.06. The van der Waals surface area contributed by atoms with Gasteiger partial charge in [-0.15, -0.1) is 10.2 Å². The Bertz CT molecular complexity index is 1210. The number of benzene rings is 2. The molecule has 32 heavy (non-hydrogen) atoms. The van der Waals surface area contributed by atoms with Crippen LogP contribution in [0.2, 0.25) is 5.02 Å². The second-order valence-electron chi connectivity index (χ2n) is 7.50. The fourth-order valence-electron chi connectivity index (χ4n) is 3.47. The number of halogens is 1. The molecule has 0 spiro atoms. The summed E-state index contributed by atoms with van der Waals surface area (Å²) in [5, 5.41) is 8.41. The number of carbonyl (C=O) groups is 1. The number of ketones is 1. The molecule has 0 aliphatic carbocycles. The standard InChI is InChI=1S/C22H22ClN3O4S2/c1-15(20(27)16-8-10-18(23)11-9-16)31-22-25-24-21(30-22)17-6-5-7-19(14-17)32(28,29)26-12-3-2-4-13-26/h5-11,14-15H,2-4,12-13H2,1H3/t15-/m0/s1. The van der Waals surface area contributed by atoms with E-state index in [1.54, 1.807) is 55.5 Å². The molecular formula is C22H22ClN3O4S2. The van der Waals surface area contributed by atoms with Crippen molar-refractivity contribution < 1.29 is 17.6 Å². The Kier molecular flexibility index (Phi) is 6.99. The van der Waals surface area contributed by atoms with Crippen LogP contribution in [0.1, 0.15) is 36.5 Å². The van der Waals surface area contributed by atoms with Gasteiger partial charge in [0.1, 0.15) is 0 Å². The molecule has 168 valence electrons. The quantitative estimate of drug-likeness (QED) is 0.341. The van der Waals surface area contributed by atoms with Gasteiger partial charge in [-0.2, -0.15) is 4.31 Å². The van der Waals surface area contributed by atoms with Gasteiger partial charge >= 0.3 is 0 Å². The highest BCUT2D eigenvalue weighted by atomic mass is 35.5. The van der Waals surface area contributed by atoms with Crippen molar-refractivity contribution in [2.75, 3.05) is 13.1 Å². The third kappa shape index (κ3) is 5.06. The Morgan fingerprint density at radius 1 is 1.09 bits per heavy atom. The van der Waals surface area contributed by atoms with E-state index in [4.69, 9.17) is 16.0 Å². The van der Waals surface area contributed by atoms with E-state index in [1.165, 1.54) is 4.31 Å². The second-order valence-corrected chi connectivity index (χ2v) is 11.2. The molecule has 2 aromatic carbocycles. The molecule has 0 N–H and O–H groups in total. The van der Waals surface area contributed by atoms with Gasteiger partial charge in [0.2, 0.25) is 15.9 Å². The van der Waals surface area contributed by atoms with Crippen molar-refractivity contribution in [2.24, 2.45) is 0 Å². The Hall–Kier alpha value is -2.20. The monoisotopic (exact) mass is 491 g/mol. The van der Waals surface area contributed by atoms with E-state index < -0.39 is 15.3 Å². The van der Waals surface area contributed by atoms with E-state index >= 15 is 0 Å². The highest BCUT2D eigenvalue weighted by molar-refractivity contribution is 8.00. The minimum absolute atomic E-state index is 0.0824. The van der Waals surface area contributed by atoms with E-state index in [2.05, 4.69) is 10.2 Å². The van der Waals surface area contributed by atoms with E-state index in [0.29, 0.717) is 29.2 Å². The van der Waals surface area contributed by atoms with Gasteiger partial charge < -0.3 is 4.42 Å². The first-order valence-electron chi connectivity index (χ1n) is 10.2. The van der Waals surface area contributed by atoms with E-state index in [-0.39, 0.29) is 21.8 Å². The minimum atomic E-state index is -3.57. The molecule has 0 saturated carbocycles. The number of sulfonamides is 1. The summed E-state index contributed by atoms with van der Waals surface area (Å²) in [7, 11) is -3.57. The Morgan fingerprint density at radius 3 is 2.53 bits per heavy atom. The summed E-state index contributed by atoms with van der Waals surface area (Å²) in [6.07, 6.45) is 2.79. The molecular weight excluding hydrogens is 470 g/mol. The molecule has 1 saturated heterocycles. The highest BCUT2D eigenvalue weighted by Gasteiger charge is 2.27. The second kappa shape index (κ2) is 9.74. The van der Waals surface area contributed by atoms with Gasteiger partial charge in [-0.3, -0.25) is 4.79 Å². The van der Waals surface area contributed by atoms with Gasteiger partial charge in [0.15, 0.2) is 5.78 Å². The molecule has 1 fully saturated rings.